The molecule has 0 unspecified atom stereocenters. The summed E-state index contributed by atoms with van der Waals surface area (Å²) in [4.78, 5) is 22.7. The van der Waals surface area contributed by atoms with Crippen molar-refractivity contribution < 1.29 is 14.0 Å². The minimum atomic E-state index is -0.607. The number of halogens is 1. The van der Waals surface area contributed by atoms with Gasteiger partial charge in [-0.1, -0.05) is 12.1 Å². The highest BCUT2D eigenvalue weighted by atomic mass is 19.1. The van der Waals surface area contributed by atoms with Crippen molar-refractivity contribution in [3.8, 4) is 0 Å². The minimum absolute atomic E-state index is 0.181. The van der Waals surface area contributed by atoms with E-state index in [9.17, 15) is 14.0 Å². The number of carbonyl (C=O) groups excluding carboxylic acids is 2. The summed E-state index contributed by atoms with van der Waals surface area (Å²) < 4.78 is 12.6. The molecule has 5 heteroatoms. The lowest BCUT2D eigenvalue weighted by molar-refractivity contribution is -0.139. The largest absolute Gasteiger partial charge is 0.348 e. The molecule has 0 heterocycles. The van der Waals surface area contributed by atoms with Crippen molar-refractivity contribution in [3.63, 3.8) is 0 Å². The van der Waals surface area contributed by atoms with E-state index in [0.717, 1.165) is 18.4 Å². The van der Waals surface area contributed by atoms with E-state index in [-0.39, 0.29) is 11.9 Å². The highest BCUT2D eigenvalue weighted by molar-refractivity contribution is 6.35. The molecule has 4 nitrogen and oxygen atoms in total. The fourth-order valence-corrected chi connectivity index (χ4v) is 1.53. The van der Waals surface area contributed by atoms with Crippen LogP contribution in [-0.2, 0) is 16.0 Å². The van der Waals surface area contributed by atoms with Crippen molar-refractivity contribution in [2.24, 2.45) is 0 Å². The van der Waals surface area contributed by atoms with Crippen LogP contribution in [0.4, 0.5) is 4.39 Å². The summed E-state index contributed by atoms with van der Waals surface area (Å²) in [5.74, 6) is -1.47. The van der Waals surface area contributed by atoms with Crippen molar-refractivity contribution in [3.05, 3.63) is 35.6 Å². The van der Waals surface area contributed by atoms with E-state index in [0.29, 0.717) is 13.0 Å². The van der Waals surface area contributed by atoms with Gasteiger partial charge in [0, 0.05) is 12.6 Å². The third kappa shape index (κ3) is 3.84. The number of nitrogens with one attached hydrogen (secondary N) is 2. The van der Waals surface area contributed by atoms with Crippen molar-refractivity contribution in [2.75, 3.05) is 6.54 Å². The van der Waals surface area contributed by atoms with E-state index in [1.165, 1.54) is 12.1 Å². The highest BCUT2D eigenvalue weighted by Crippen LogP contribution is 2.18. The number of carbonyl (C=O) groups is 2. The second kappa shape index (κ2) is 5.62. The van der Waals surface area contributed by atoms with Crippen LogP contribution in [0.3, 0.4) is 0 Å². The van der Waals surface area contributed by atoms with Crippen LogP contribution in [0, 0.1) is 5.82 Å². The summed E-state index contributed by atoms with van der Waals surface area (Å²) in [6.07, 6.45) is 2.48. The minimum Gasteiger partial charge on any atom is -0.348 e. The van der Waals surface area contributed by atoms with Gasteiger partial charge in [-0.2, -0.15) is 0 Å². The van der Waals surface area contributed by atoms with Gasteiger partial charge in [-0.15, -0.1) is 0 Å². The normalized spacial score (nSPS) is 14.1. The second-order valence-corrected chi connectivity index (χ2v) is 4.38. The first kappa shape index (κ1) is 12.5. The van der Waals surface area contributed by atoms with Gasteiger partial charge in [0.15, 0.2) is 0 Å². The molecule has 0 bridgehead atoms. The molecule has 0 saturated heterocycles. The number of rotatable bonds is 4. The van der Waals surface area contributed by atoms with Gasteiger partial charge in [-0.3, -0.25) is 9.59 Å². The highest BCUT2D eigenvalue weighted by Gasteiger charge is 2.25. The Balaban J connectivity index is 1.69. The van der Waals surface area contributed by atoms with E-state index < -0.39 is 11.8 Å². The summed E-state index contributed by atoms with van der Waals surface area (Å²) in [7, 11) is 0. The Kier molecular flexibility index (Phi) is 3.92. The molecule has 2 N–H and O–H groups in total. The maximum Gasteiger partial charge on any atom is 0.309 e. The fraction of sp³-hybridized carbons (Fsp3) is 0.385. The lowest BCUT2D eigenvalue weighted by Gasteiger charge is -2.05. The summed E-state index contributed by atoms with van der Waals surface area (Å²) in [6.45, 7) is 0.364. The Morgan fingerprint density at radius 1 is 1.17 bits per heavy atom. The molecule has 1 aromatic carbocycles. The van der Waals surface area contributed by atoms with Crippen molar-refractivity contribution in [1.82, 2.24) is 10.6 Å². The zero-order chi connectivity index (χ0) is 13.0. The molecular weight excluding hydrogens is 235 g/mol. The lowest BCUT2D eigenvalue weighted by Crippen LogP contribution is -2.41. The number of amides is 2. The van der Waals surface area contributed by atoms with Crippen LogP contribution in [0.5, 0.6) is 0 Å². The van der Waals surface area contributed by atoms with Gasteiger partial charge >= 0.3 is 11.8 Å². The zero-order valence-corrected chi connectivity index (χ0v) is 9.91. The average Bonchev–Trinajstić information content (AvgIpc) is 3.15. The molecule has 96 valence electrons. The maximum atomic E-state index is 12.6. The third-order valence-corrected chi connectivity index (χ3v) is 2.73. The Hall–Kier alpha value is -1.91. The van der Waals surface area contributed by atoms with Gasteiger partial charge in [0.05, 0.1) is 0 Å². The van der Waals surface area contributed by atoms with Gasteiger partial charge in [-0.25, -0.2) is 4.39 Å². The van der Waals surface area contributed by atoms with Gasteiger partial charge < -0.3 is 10.6 Å². The van der Waals surface area contributed by atoms with Crippen molar-refractivity contribution in [2.45, 2.75) is 25.3 Å². The molecule has 2 amide bonds. The van der Waals surface area contributed by atoms with Gasteiger partial charge in [-0.05, 0) is 37.0 Å². The molecule has 1 aliphatic rings. The number of hydrogen-bond acceptors (Lipinski definition) is 2. The molecule has 2 rings (SSSR count). The topological polar surface area (TPSA) is 58.2 Å². The van der Waals surface area contributed by atoms with Crippen molar-refractivity contribution in [1.29, 1.82) is 0 Å². The first-order chi connectivity index (χ1) is 8.65. The van der Waals surface area contributed by atoms with E-state index >= 15 is 0 Å². The van der Waals surface area contributed by atoms with Gasteiger partial charge in [0.1, 0.15) is 5.82 Å². The zero-order valence-electron chi connectivity index (χ0n) is 9.91. The predicted octanol–water partition coefficient (Wildman–Crippen LogP) is 0.763. The molecule has 1 fully saturated rings. The molecule has 1 aromatic rings. The summed E-state index contributed by atoms with van der Waals surface area (Å²) >= 11 is 0. The maximum absolute atomic E-state index is 12.6. The first-order valence-corrected chi connectivity index (χ1v) is 5.98. The predicted molar refractivity (Wildman–Crippen MR) is 64.3 cm³/mol. The van der Waals surface area contributed by atoms with E-state index in [4.69, 9.17) is 0 Å². The molecule has 0 spiro atoms. The molecule has 18 heavy (non-hydrogen) atoms. The first-order valence-electron chi connectivity index (χ1n) is 5.98. The second-order valence-electron chi connectivity index (χ2n) is 4.38. The van der Waals surface area contributed by atoms with Crippen LogP contribution in [0.25, 0.3) is 0 Å². The quantitative estimate of drug-likeness (QED) is 0.775. The van der Waals surface area contributed by atoms with Crippen LogP contribution in [0.15, 0.2) is 24.3 Å². The van der Waals surface area contributed by atoms with E-state index in [1.807, 2.05) is 0 Å². The number of benzene rings is 1. The van der Waals surface area contributed by atoms with Crippen LogP contribution in [-0.4, -0.2) is 24.4 Å². The molecule has 1 saturated carbocycles. The van der Waals surface area contributed by atoms with Crippen LogP contribution < -0.4 is 10.6 Å². The van der Waals surface area contributed by atoms with Crippen LogP contribution >= 0.6 is 0 Å². The summed E-state index contributed by atoms with van der Waals surface area (Å²) in [6, 6.07) is 6.24. The lowest BCUT2D eigenvalue weighted by atomic mass is 10.1. The summed E-state index contributed by atoms with van der Waals surface area (Å²) in [5, 5.41) is 5.14. The van der Waals surface area contributed by atoms with E-state index in [2.05, 4.69) is 10.6 Å². The van der Waals surface area contributed by atoms with Crippen LogP contribution in [0.2, 0.25) is 0 Å². The van der Waals surface area contributed by atoms with Crippen LogP contribution in [0.1, 0.15) is 18.4 Å². The summed E-state index contributed by atoms with van der Waals surface area (Å²) in [5.41, 5.74) is 0.916. The molecule has 1 aliphatic carbocycles. The molecular formula is C13H15FN2O2. The fourth-order valence-electron chi connectivity index (χ4n) is 1.53. The smallest absolute Gasteiger partial charge is 0.309 e. The Bertz CT molecular complexity index is 441. The monoisotopic (exact) mass is 250 g/mol. The third-order valence-electron chi connectivity index (χ3n) is 2.73. The molecule has 0 radical (unpaired) electrons. The average molecular weight is 250 g/mol. The Morgan fingerprint density at radius 2 is 1.83 bits per heavy atom. The number of hydrogen-bond donors (Lipinski definition) is 2. The standard InChI is InChI=1S/C13H15FN2O2/c14-10-3-1-9(2-4-10)7-8-15-12(17)13(18)16-11-5-6-11/h1-4,11H,5-8H2,(H,15,17)(H,16,18). The van der Waals surface area contributed by atoms with Crippen molar-refractivity contribution >= 4 is 11.8 Å². The van der Waals surface area contributed by atoms with E-state index in [1.54, 1.807) is 12.1 Å². The van der Waals surface area contributed by atoms with Gasteiger partial charge in [0.25, 0.3) is 0 Å². The molecule has 0 atom stereocenters. The Morgan fingerprint density at radius 3 is 2.44 bits per heavy atom. The SMILES string of the molecule is O=C(NCCc1ccc(F)cc1)C(=O)NC1CC1. The molecule has 0 aromatic heterocycles. The molecule has 0 aliphatic heterocycles. The van der Waals surface area contributed by atoms with Gasteiger partial charge in [0.2, 0.25) is 0 Å². The Labute approximate surface area is 105 Å².